The summed E-state index contributed by atoms with van der Waals surface area (Å²) in [7, 11) is 0. The fraction of sp³-hybridized carbons (Fsp3) is 0.500. The molecule has 2 heterocycles. The van der Waals surface area contributed by atoms with E-state index in [0.29, 0.717) is 6.54 Å². The largest absolute Gasteiger partial charge is 0.465 e. The SMILES string of the molecule is NC(=O)CN(CC1CCN(c2cccc(Br)n2)CC1)C(=O)O. The molecule has 0 bridgehead atoms. The maximum atomic E-state index is 11.1. The Morgan fingerprint density at radius 3 is 2.64 bits per heavy atom. The number of nitrogens with zero attached hydrogens (tertiary/aromatic N) is 3. The van der Waals surface area contributed by atoms with E-state index in [1.807, 2.05) is 18.2 Å². The Morgan fingerprint density at radius 1 is 1.41 bits per heavy atom. The van der Waals surface area contributed by atoms with Crippen LogP contribution in [0.15, 0.2) is 22.8 Å². The Bertz CT molecular complexity index is 547. The van der Waals surface area contributed by atoms with E-state index in [-0.39, 0.29) is 12.5 Å². The van der Waals surface area contributed by atoms with Crippen LogP contribution >= 0.6 is 15.9 Å². The van der Waals surface area contributed by atoms with Gasteiger partial charge in [0.2, 0.25) is 5.91 Å². The van der Waals surface area contributed by atoms with Crippen molar-refractivity contribution >= 4 is 33.7 Å². The molecule has 0 radical (unpaired) electrons. The van der Waals surface area contributed by atoms with E-state index in [1.54, 1.807) is 0 Å². The van der Waals surface area contributed by atoms with E-state index in [9.17, 15) is 9.59 Å². The Kier molecular flexibility index (Phi) is 5.59. The zero-order valence-electron chi connectivity index (χ0n) is 12.1. The topological polar surface area (TPSA) is 99.8 Å². The van der Waals surface area contributed by atoms with E-state index in [4.69, 9.17) is 10.8 Å². The molecule has 1 fully saturated rings. The molecule has 0 aromatic carbocycles. The van der Waals surface area contributed by atoms with E-state index >= 15 is 0 Å². The van der Waals surface area contributed by atoms with Crippen molar-refractivity contribution in [1.82, 2.24) is 9.88 Å². The highest BCUT2D eigenvalue weighted by molar-refractivity contribution is 9.10. The minimum absolute atomic E-state index is 0.235. The van der Waals surface area contributed by atoms with Gasteiger partial charge < -0.3 is 15.7 Å². The highest BCUT2D eigenvalue weighted by atomic mass is 79.9. The lowest BCUT2D eigenvalue weighted by Gasteiger charge is -2.34. The normalized spacial score (nSPS) is 15.6. The van der Waals surface area contributed by atoms with Gasteiger partial charge in [0.05, 0.1) is 0 Å². The predicted octanol–water partition coefficient (Wildman–Crippen LogP) is 1.53. The molecule has 0 spiro atoms. The van der Waals surface area contributed by atoms with E-state index < -0.39 is 12.0 Å². The van der Waals surface area contributed by atoms with Crippen LogP contribution in [0.25, 0.3) is 0 Å². The number of rotatable bonds is 5. The molecule has 8 heteroatoms. The Balaban J connectivity index is 1.88. The fourth-order valence-electron chi connectivity index (χ4n) is 2.63. The Hall–Kier alpha value is -1.83. The third-order valence-electron chi connectivity index (χ3n) is 3.73. The van der Waals surface area contributed by atoms with Gasteiger partial charge in [-0.3, -0.25) is 9.69 Å². The zero-order chi connectivity index (χ0) is 16.1. The maximum Gasteiger partial charge on any atom is 0.407 e. The summed E-state index contributed by atoms with van der Waals surface area (Å²) in [5.74, 6) is 0.525. The molecule has 0 unspecified atom stereocenters. The lowest BCUT2D eigenvalue weighted by molar-refractivity contribution is -0.119. The fourth-order valence-corrected chi connectivity index (χ4v) is 2.96. The number of carbonyl (C=O) groups is 2. The van der Waals surface area contributed by atoms with Crippen LogP contribution < -0.4 is 10.6 Å². The van der Waals surface area contributed by atoms with Crippen molar-refractivity contribution in [2.45, 2.75) is 12.8 Å². The first-order chi connectivity index (χ1) is 10.5. The van der Waals surface area contributed by atoms with Gasteiger partial charge in [-0.1, -0.05) is 6.07 Å². The Labute approximate surface area is 137 Å². The molecule has 1 saturated heterocycles. The van der Waals surface area contributed by atoms with E-state index in [0.717, 1.165) is 41.3 Å². The van der Waals surface area contributed by atoms with Gasteiger partial charge in [0, 0.05) is 19.6 Å². The number of halogens is 1. The highest BCUT2D eigenvalue weighted by Gasteiger charge is 2.24. The van der Waals surface area contributed by atoms with Crippen LogP contribution in [-0.4, -0.2) is 53.2 Å². The first kappa shape index (κ1) is 16.5. The van der Waals surface area contributed by atoms with Gasteiger partial charge in [0.25, 0.3) is 0 Å². The smallest absolute Gasteiger partial charge is 0.407 e. The number of amides is 2. The third kappa shape index (κ3) is 4.59. The second kappa shape index (κ2) is 7.44. The maximum absolute atomic E-state index is 11.1. The van der Waals surface area contributed by atoms with Gasteiger partial charge in [0.1, 0.15) is 17.0 Å². The molecule has 7 nitrogen and oxygen atoms in total. The number of piperidine rings is 1. The van der Waals surface area contributed by atoms with Crippen LogP contribution in [0.2, 0.25) is 0 Å². The van der Waals surface area contributed by atoms with Crippen LogP contribution in [0, 0.1) is 5.92 Å². The molecule has 1 aliphatic heterocycles. The van der Waals surface area contributed by atoms with Crippen molar-refractivity contribution in [3.05, 3.63) is 22.8 Å². The number of carboxylic acid groups (broad SMARTS) is 1. The van der Waals surface area contributed by atoms with Crippen LogP contribution in [0.4, 0.5) is 10.6 Å². The number of anilines is 1. The lowest BCUT2D eigenvalue weighted by Crippen LogP contribution is -2.43. The second-order valence-corrected chi connectivity index (χ2v) is 6.19. The first-order valence-corrected chi connectivity index (χ1v) is 7.88. The highest BCUT2D eigenvalue weighted by Crippen LogP contribution is 2.23. The van der Waals surface area contributed by atoms with Crippen molar-refractivity contribution in [1.29, 1.82) is 0 Å². The summed E-state index contributed by atoms with van der Waals surface area (Å²) in [6, 6.07) is 5.78. The van der Waals surface area contributed by atoms with Gasteiger partial charge in [-0.05, 0) is 46.8 Å². The average Bonchev–Trinajstić information content (AvgIpc) is 2.47. The number of aromatic nitrogens is 1. The van der Waals surface area contributed by atoms with E-state index in [2.05, 4.69) is 25.8 Å². The predicted molar refractivity (Wildman–Crippen MR) is 85.7 cm³/mol. The molecule has 2 rings (SSSR count). The van der Waals surface area contributed by atoms with Crippen molar-refractivity contribution in [3.63, 3.8) is 0 Å². The molecule has 1 aliphatic rings. The van der Waals surface area contributed by atoms with Crippen LogP contribution in [0.1, 0.15) is 12.8 Å². The molecular formula is C14H19BrN4O3. The monoisotopic (exact) mass is 370 g/mol. The quantitative estimate of drug-likeness (QED) is 0.765. The van der Waals surface area contributed by atoms with Crippen molar-refractivity contribution in [2.24, 2.45) is 11.7 Å². The van der Waals surface area contributed by atoms with Crippen molar-refractivity contribution in [2.75, 3.05) is 31.1 Å². The second-order valence-electron chi connectivity index (χ2n) is 5.38. The summed E-state index contributed by atoms with van der Waals surface area (Å²) >= 11 is 3.36. The molecule has 1 aromatic rings. The first-order valence-electron chi connectivity index (χ1n) is 7.09. The minimum Gasteiger partial charge on any atom is -0.465 e. The number of carbonyl (C=O) groups excluding carboxylic acids is 1. The van der Waals surface area contributed by atoms with E-state index in [1.165, 1.54) is 0 Å². The summed E-state index contributed by atoms with van der Waals surface area (Å²) in [6.07, 6.45) is 0.614. The summed E-state index contributed by atoms with van der Waals surface area (Å²) in [4.78, 5) is 29.8. The van der Waals surface area contributed by atoms with Crippen LogP contribution in [-0.2, 0) is 4.79 Å². The molecule has 3 N–H and O–H groups in total. The molecule has 2 amide bonds. The van der Waals surface area contributed by atoms with Gasteiger partial charge in [-0.15, -0.1) is 0 Å². The molecule has 22 heavy (non-hydrogen) atoms. The average molecular weight is 371 g/mol. The summed E-state index contributed by atoms with van der Waals surface area (Å²) < 4.78 is 0.797. The molecular weight excluding hydrogens is 352 g/mol. The van der Waals surface area contributed by atoms with Crippen LogP contribution in [0.3, 0.4) is 0 Å². The summed E-state index contributed by atoms with van der Waals surface area (Å²) in [5, 5.41) is 9.11. The summed E-state index contributed by atoms with van der Waals surface area (Å²) in [6.45, 7) is 1.73. The molecule has 120 valence electrons. The van der Waals surface area contributed by atoms with Gasteiger partial charge in [0.15, 0.2) is 0 Å². The van der Waals surface area contributed by atoms with Gasteiger partial charge >= 0.3 is 6.09 Å². The van der Waals surface area contributed by atoms with Crippen molar-refractivity contribution in [3.8, 4) is 0 Å². The molecule has 0 saturated carbocycles. The molecule has 0 aliphatic carbocycles. The third-order valence-corrected chi connectivity index (χ3v) is 4.18. The number of nitrogens with two attached hydrogens (primary N) is 1. The zero-order valence-corrected chi connectivity index (χ0v) is 13.7. The summed E-state index contributed by atoms with van der Waals surface area (Å²) in [5.41, 5.74) is 5.08. The number of hydrogen-bond donors (Lipinski definition) is 2. The molecule has 0 atom stereocenters. The number of primary amides is 1. The van der Waals surface area contributed by atoms with Gasteiger partial charge in [-0.2, -0.15) is 0 Å². The van der Waals surface area contributed by atoms with Gasteiger partial charge in [-0.25, -0.2) is 9.78 Å². The number of hydrogen-bond acceptors (Lipinski definition) is 4. The van der Waals surface area contributed by atoms with Crippen molar-refractivity contribution < 1.29 is 14.7 Å². The molecule has 1 aromatic heterocycles. The lowest BCUT2D eigenvalue weighted by atomic mass is 9.96. The standard InChI is InChI=1S/C14H19BrN4O3/c15-11-2-1-3-13(17-11)18-6-4-10(5-7-18)8-19(14(21)22)9-12(16)20/h1-3,10H,4-9H2,(H2,16,20)(H,21,22). The minimum atomic E-state index is -1.10. The number of pyridine rings is 1. The van der Waals surface area contributed by atoms with Crippen LogP contribution in [0.5, 0.6) is 0 Å². The Morgan fingerprint density at radius 2 is 2.09 bits per heavy atom.